The molecule has 132 valence electrons. The number of phosphoric acid groups is 3. The van der Waals surface area contributed by atoms with Crippen molar-refractivity contribution in [3.05, 3.63) is 0 Å². The fraction of sp³-hybridized carbons (Fsp3) is 1.00. The summed E-state index contributed by atoms with van der Waals surface area (Å²) in [5.74, 6) is 0. The molecule has 1 saturated heterocycles. The third kappa shape index (κ3) is 6.04. The van der Waals surface area contributed by atoms with Crippen molar-refractivity contribution in [1.29, 1.82) is 0 Å². The maximum absolute atomic E-state index is 11.4. The molecule has 0 aromatic rings. The van der Waals surface area contributed by atoms with Gasteiger partial charge in [0.25, 0.3) is 0 Å². The number of rotatable bonds is 7. The fourth-order valence-electron chi connectivity index (χ4n) is 1.38. The minimum Gasteiger partial charge on any atom is -0.394 e. The topological polar surface area (TPSA) is 230 Å². The van der Waals surface area contributed by atoms with Crippen LogP contribution in [0.15, 0.2) is 0 Å². The highest BCUT2D eigenvalue weighted by Crippen LogP contribution is 2.66. The molecule has 0 aromatic carbocycles. The smallest absolute Gasteiger partial charge is 0.394 e. The van der Waals surface area contributed by atoms with Gasteiger partial charge in [0, 0.05) is 0 Å². The first-order valence-corrected chi connectivity index (χ1v) is 9.73. The van der Waals surface area contributed by atoms with Crippen LogP contribution < -0.4 is 0 Å². The lowest BCUT2D eigenvalue weighted by Crippen LogP contribution is -2.34. The summed E-state index contributed by atoms with van der Waals surface area (Å²) in [4.78, 5) is 34.7. The van der Waals surface area contributed by atoms with Crippen molar-refractivity contribution in [2.45, 2.75) is 24.6 Å². The van der Waals surface area contributed by atoms with E-state index in [1.54, 1.807) is 0 Å². The average molecular weight is 390 g/mol. The molecule has 6 unspecified atom stereocenters. The number of hydrogen-bond donors (Lipinski definition) is 7. The standard InChI is InChI=1S/C5H13O14P3/c6-1-2-3(7)4(8)5(16-2)17-21(12,13)19-22(14,15)18-20(9,10)11/h2-8H,1H2,(H,12,13)(H,14,15)(H2,9,10,11). The second kappa shape index (κ2) is 7.01. The van der Waals surface area contributed by atoms with Crippen molar-refractivity contribution in [2.24, 2.45) is 0 Å². The molecule has 17 heteroatoms. The number of phosphoric ester groups is 1. The maximum atomic E-state index is 11.4. The van der Waals surface area contributed by atoms with Crippen LogP contribution in [-0.4, -0.2) is 66.1 Å². The molecule has 0 bridgehead atoms. The van der Waals surface area contributed by atoms with Gasteiger partial charge in [0.15, 0.2) is 6.29 Å². The van der Waals surface area contributed by atoms with Crippen molar-refractivity contribution in [1.82, 2.24) is 0 Å². The summed E-state index contributed by atoms with van der Waals surface area (Å²) in [5.41, 5.74) is 0. The minimum absolute atomic E-state index is 0.783. The molecule has 22 heavy (non-hydrogen) atoms. The molecule has 0 spiro atoms. The monoisotopic (exact) mass is 390 g/mol. The van der Waals surface area contributed by atoms with Crippen LogP contribution in [0.3, 0.4) is 0 Å². The molecular weight excluding hydrogens is 377 g/mol. The van der Waals surface area contributed by atoms with Crippen molar-refractivity contribution < 1.29 is 66.5 Å². The van der Waals surface area contributed by atoms with Gasteiger partial charge < -0.3 is 39.6 Å². The molecular formula is C5H13O14P3. The summed E-state index contributed by atoms with van der Waals surface area (Å²) < 4.78 is 48.5. The van der Waals surface area contributed by atoms with Crippen LogP contribution in [0.2, 0.25) is 0 Å². The highest BCUT2D eigenvalue weighted by atomic mass is 31.3. The molecule has 0 aliphatic carbocycles. The van der Waals surface area contributed by atoms with Gasteiger partial charge in [-0.1, -0.05) is 0 Å². The van der Waals surface area contributed by atoms with Gasteiger partial charge in [-0.3, -0.25) is 4.52 Å². The Labute approximate surface area is 122 Å². The van der Waals surface area contributed by atoms with Gasteiger partial charge in [0.2, 0.25) is 0 Å². The first-order chi connectivity index (χ1) is 9.76. The van der Waals surface area contributed by atoms with E-state index in [1.165, 1.54) is 0 Å². The van der Waals surface area contributed by atoms with Crippen LogP contribution >= 0.6 is 23.5 Å². The molecule has 1 heterocycles. The van der Waals surface area contributed by atoms with E-state index in [0.29, 0.717) is 0 Å². The number of ether oxygens (including phenoxy) is 1. The largest absolute Gasteiger partial charge is 0.490 e. The molecule has 0 saturated carbocycles. The molecule has 1 rings (SSSR count). The zero-order chi connectivity index (χ0) is 17.3. The summed E-state index contributed by atoms with van der Waals surface area (Å²) in [5, 5.41) is 27.6. The van der Waals surface area contributed by atoms with Gasteiger partial charge in [-0.2, -0.15) is 8.62 Å². The van der Waals surface area contributed by atoms with Gasteiger partial charge in [0.1, 0.15) is 18.3 Å². The Kier molecular flexibility index (Phi) is 6.47. The summed E-state index contributed by atoms with van der Waals surface area (Å²) in [6.07, 6.45) is -7.00. The SMILES string of the molecule is O=P(O)(O)OP(=O)(O)OP(=O)(O)OC1OC(CO)C(O)C1O. The van der Waals surface area contributed by atoms with Crippen molar-refractivity contribution in [3.63, 3.8) is 0 Å². The van der Waals surface area contributed by atoms with Gasteiger partial charge in [0.05, 0.1) is 6.61 Å². The van der Waals surface area contributed by atoms with E-state index in [9.17, 15) is 28.8 Å². The molecule has 0 amide bonds. The van der Waals surface area contributed by atoms with Gasteiger partial charge >= 0.3 is 23.5 Å². The molecule has 0 radical (unpaired) electrons. The van der Waals surface area contributed by atoms with E-state index in [2.05, 4.69) is 17.9 Å². The number of aliphatic hydroxyl groups excluding tert-OH is 3. The Hall–Kier alpha value is 0.250. The highest BCUT2D eigenvalue weighted by molar-refractivity contribution is 7.66. The summed E-state index contributed by atoms with van der Waals surface area (Å²) >= 11 is 0. The molecule has 0 aromatic heterocycles. The Morgan fingerprint density at radius 1 is 0.909 bits per heavy atom. The second-order valence-corrected chi connectivity index (χ2v) is 8.28. The molecule has 1 aliphatic rings. The Balaban J connectivity index is 2.74. The van der Waals surface area contributed by atoms with Crippen molar-refractivity contribution in [3.8, 4) is 0 Å². The average Bonchev–Trinajstić information content (AvgIpc) is 2.51. The van der Waals surface area contributed by atoms with E-state index >= 15 is 0 Å². The van der Waals surface area contributed by atoms with E-state index in [1.807, 2.05) is 0 Å². The maximum Gasteiger partial charge on any atom is 0.490 e. The third-order valence-corrected chi connectivity index (χ3v) is 5.95. The summed E-state index contributed by atoms with van der Waals surface area (Å²) in [6, 6.07) is 0. The van der Waals surface area contributed by atoms with Crippen LogP contribution in [0.25, 0.3) is 0 Å². The van der Waals surface area contributed by atoms with Crippen LogP contribution in [0.1, 0.15) is 0 Å². The van der Waals surface area contributed by atoms with Crippen LogP contribution in [0.4, 0.5) is 0 Å². The lowest BCUT2D eigenvalue weighted by Gasteiger charge is -2.20. The first-order valence-electron chi connectivity index (χ1n) is 5.21. The molecule has 14 nitrogen and oxygen atoms in total. The van der Waals surface area contributed by atoms with E-state index in [-0.39, 0.29) is 0 Å². The Morgan fingerprint density at radius 3 is 1.86 bits per heavy atom. The lowest BCUT2D eigenvalue weighted by molar-refractivity contribution is -0.125. The van der Waals surface area contributed by atoms with Crippen LogP contribution in [0, 0.1) is 0 Å². The van der Waals surface area contributed by atoms with Crippen molar-refractivity contribution in [2.75, 3.05) is 6.61 Å². The molecule has 1 fully saturated rings. The van der Waals surface area contributed by atoms with Crippen LogP contribution in [-0.2, 0) is 31.6 Å². The minimum atomic E-state index is -5.70. The third-order valence-electron chi connectivity index (χ3n) is 2.15. The fourth-order valence-corrected chi connectivity index (χ4v) is 4.48. The molecule has 1 aliphatic heterocycles. The zero-order valence-electron chi connectivity index (χ0n) is 10.3. The van der Waals surface area contributed by atoms with E-state index < -0.39 is 54.7 Å². The number of hydrogen-bond acceptors (Lipinski definition) is 10. The highest BCUT2D eigenvalue weighted by Gasteiger charge is 2.49. The summed E-state index contributed by atoms with van der Waals surface area (Å²) in [7, 11) is -16.7. The lowest BCUT2D eigenvalue weighted by atomic mass is 10.1. The zero-order valence-corrected chi connectivity index (χ0v) is 13.0. The predicted octanol–water partition coefficient (Wildman–Crippen LogP) is -2.23. The molecule has 6 atom stereocenters. The van der Waals surface area contributed by atoms with E-state index in [0.717, 1.165) is 0 Å². The quantitative estimate of drug-likeness (QED) is 0.228. The normalized spacial score (nSPS) is 35.0. The number of aliphatic hydroxyl groups is 3. The van der Waals surface area contributed by atoms with Gasteiger partial charge in [-0.25, -0.2) is 13.7 Å². The van der Waals surface area contributed by atoms with Crippen LogP contribution in [0.5, 0.6) is 0 Å². The second-order valence-electron chi connectivity index (χ2n) is 3.90. The van der Waals surface area contributed by atoms with Crippen molar-refractivity contribution >= 4 is 23.5 Å². The Morgan fingerprint density at radius 2 is 1.45 bits per heavy atom. The summed E-state index contributed by atoms with van der Waals surface area (Å²) in [6.45, 7) is -0.783. The predicted molar refractivity (Wildman–Crippen MR) is 62.7 cm³/mol. The van der Waals surface area contributed by atoms with Gasteiger partial charge in [-0.15, -0.1) is 0 Å². The Bertz CT molecular complexity index is 527. The molecule has 7 N–H and O–H groups in total. The first kappa shape index (κ1) is 20.3. The van der Waals surface area contributed by atoms with Gasteiger partial charge in [-0.05, 0) is 0 Å². The van der Waals surface area contributed by atoms with E-state index in [4.69, 9.17) is 19.8 Å².